The van der Waals surface area contributed by atoms with Gasteiger partial charge < -0.3 is 10.2 Å². The summed E-state index contributed by atoms with van der Waals surface area (Å²) in [5, 5.41) is 19.1. The summed E-state index contributed by atoms with van der Waals surface area (Å²) in [6.07, 6.45) is 4.32. The van der Waals surface area contributed by atoms with Gasteiger partial charge in [-0.05, 0) is 19.3 Å². The highest BCUT2D eigenvalue weighted by Gasteiger charge is 2.47. The standard InChI is InChI=1S/C11H19ClO3/c1-2-5-8(10(13)14)11(15)7-4-3-6-9(11)12/h8-9,15H,2-7H2,1H3,(H,13,14). The van der Waals surface area contributed by atoms with E-state index < -0.39 is 22.9 Å². The molecule has 0 aromatic rings. The second-order valence-electron chi connectivity index (χ2n) is 4.38. The van der Waals surface area contributed by atoms with Crippen molar-refractivity contribution in [2.45, 2.75) is 56.4 Å². The number of hydrogen-bond donors (Lipinski definition) is 2. The lowest BCUT2D eigenvalue weighted by atomic mass is 9.73. The lowest BCUT2D eigenvalue weighted by molar-refractivity contribution is -0.155. The molecule has 0 heterocycles. The Morgan fingerprint density at radius 1 is 1.60 bits per heavy atom. The zero-order valence-corrected chi connectivity index (χ0v) is 9.83. The SMILES string of the molecule is CCCC(C(=O)O)C1(O)CCCCC1Cl. The summed E-state index contributed by atoms with van der Waals surface area (Å²) in [5.74, 6) is -1.64. The fourth-order valence-corrected chi connectivity index (χ4v) is 2.82. The van der Waals surface area contributed by atoms with Crippen molar-refractivity contribution < 1.29 is 15.0 Å². The van der Waals surface area contributed by atoms with Crippen molar-refractivity contribution in [3.05, 3.63) is 0 Å². The van der Waals surface area contributed by atoms with Gasteiger partial charge in [0.05, 0.1) is 16.9 Å². The summed E-state index contributed by atoms with van der Waals surface area (Å²) >= 11 is 6.09. The van der Waals surface area contributed by atoms with Crippen molar-refractivity contribution in [3.8, 4) is 0 Å². The predicted octanol–water partition coefficient (Wildman–Crippen LogP) is 2.40. The van der Waals surface area contributed by atoms with E-state index in [-0.39, 0.29) is 0 Å². The van der Waals surface area contributed by atoms with Gasteiger partial charge in [-0.1, -0.05) is 26.2 Å². The molecule has 0 saturated heterocycles. The van der Waals surface area contributed by atoms with Crippen LogP contribution in [0.2, 0.25) is 0 Å². The first-order chi connectivity index (χ1) is 7.02. The predicted molar refractivity (Wildman–Crippen MR) is 59.1 cm³/mol. The molecule has 1 rings (SSSR count). The van der Waals surface area contributed by atoms with Crippen LogP contribution in [-0.4, -0.2) is 27.2 Å². The fourth-order valence-electron chi connectivity index (χ4n) is 2.41. The van der Waals surface area contributed by atoms with Crippen molar-refractivity contribution in [1.82, 2.24) is 0 Å². The smallest absolute Gasteiger partial charge is 0.309 e. The summed E-state index contributed by atoms with van der Waals surface area (Å²) in [6, 6.07) is 0. The molecule has 3 nitrogen and oxygen atoms in total. The van der Waals surface area contributed by atoms with Crippen molar-refractivity contribution in [1.29, 1.82) is 0 Å². The quantitative estimate of drug-likeness (QED) is 0.735. The zero-order chi connectivity index (χ0) is 11.5. The van der Waals surface area contributed by atoms with Gasteiger partial charge in [0.15, 0.2) is 0 Å². The summed E-state index contributed by atoms with van der Waals surface area (Å²) < 4.78 is 0. The van der Waals surface area contributed by atoms with Gasteiger partial charge in [-0.25, -0.2) is 0 Å². The molecule has 0 spiro atoms. The topological polar surface area (TPSA) is 57.5 Å². The molecule has 0 radical (unpaired) electrons. The molecule has 0 aromatic heterocycles. The summed E-state index contributed by atoms with van der Waals surface area (Å²) in [5.41, 5.74) is -1.21. The van der Waals surface area contributed by atoms with E-state index in [0.717, 1.165) is 19.3 Å². The van der Waals surface area contributed by atoms with Gasteiger partial charge in [0, 0.05) is 0 Å². The van der Waals surface area contributed by atoms with Gasteiger partial charge in [-0.2, -0.15) is 0 Å². The van der Waals surface area contributed by atoms with Crippen molar-refractivity contribution >= 4 is 17.6 Å². The van der Waals surface area contributed by atoms with E-state index in [2.05, 4.69) is 0 Å². The molecule has 3 atom stereocenters. The molecular weight excluding hydrogens is 216 g/mol. The third kappa shape index (κ3) is 2.64. The molecule has 1 aliphatic rings. The minimum Gasteiger partial charge on any atom is -0.481 e. The number of carboxylic acids is 1. The molecule has 0 aliphatic heterocycles. The van der Waals surface area contributed by atoms with E-state index in [9.17, 15) is 9.90 Å². The molecule has 0 bridgehead atoms. The van der Waals surface area contributed by atoms with Crippen LogP contribution in [-0.2, 0) is 4.79 Å². The zero-order valence-electron chi connectivity index (χ0n) is 9.08. The number of aliphatic hydroxyl groups is 1. The lowest BCUT2D eigenvalue weighted by Crippen LogP contribution is -2.51. The van der Waals surface area contributed by atoms with Crippen LogP contribution in [0, 0.1) is 5.92 Å². The molecule has 1 fully saturated rings. The van der Waals surface area contributed by atoms with Crippen molar-refractivity contribution in [2.24, 2.45) is 5.92 Å². The molecule has 2 N–H and O–H groups in total. The van der Waals surface area contributed by atoms with Crippen LogP contribution in [0.1, 0.15) is 45.4 Å². The molecular formula is C11H19ClO3. The average Bonchev–Trinajstić information content (AvgIpc) is 2.18. The molecule has 0 aromatic carbocycles. The van der Waals surface area contributed by atoms with E-state index >= 15 is 0 Å². The Kier molecular flexibility index (Phi) is 4.41. The number of alkyl halides is 1. The van der Waals surface area contributed by atoms with Crippen LogP contribution >= 0.6 is 11.6 Å². The third-order valence-corrected chi connectivity index (χ3v) is 3.90. The number of carbonyl (C=O) groups is 1. The summed E-state index contributed by atoms with van der Waals surface area (Å²) in [4.78, 5) is 11.1. The highest BCUT2D eigenvalue weighted by molar-refractivity contribution is 6.21. The second-order valence-corrected chi connectivity index (χ2v) is 4.91. The molecule has 15 heavy (non-hydrogen) atoms. The van der Waals surface area contributed by atoms with Crippen LogP contribution in [0.15, 0.2) is 0 Å². The van der Waals surface area contributed by atoms with Gasteiger partial charge in [0.1, 0.15) is 0 Å². The highest BCUT2D eigenvalue weighted by atomic mass is 35.5. The van der Waals surface area contributed by atoms with Crippen molar-refractivity contribution in [3.63, 3.8) is 0 Å². The maximum Gasteiger partial charge on any atom is 0.309 e. The minimum atomic E-state index is -1.21. The number of rotatable bonds is 4. The summed E-state index contributed by atoms with van der Waals surface area (Å²) in [6.45, 7) is 1.92. The molecule has 4 heteroatoms. The van der Waals surface area contributed by atoms with E-state index in [1.54, 1.807) is 0 Å². The second kappa shape index (κ2) is 5.17. The van der Waals surface area contributed by atoms with Crippen LogP contribution in [0.25, 0.3) is 0 Å². The van der Waals surface area contributed by atoms with E-state index in [1.807, 2.05) is 6.92 Å². The van der Waals surface area contributed by atoms with Gasteiger partial charge >= 0.3 is 5.97 Å². The Morgan fingerprint density at radius 2 is 2.27 bits per heavy atom. The molecule has 1 saturated carbocycles. The maximum absolute atomic E-state index is 11.1. The molecule has 1 aliphatic carbocycles. The first-order valence-corrected chi connectivity index (χ1v) is 6.05. The minimum absolute atomic E-state index is 0.418. The van der Waals surface area contributed by atoms with Gasteiger partial charge in [0.2, 0.25) is 0 Å². The molecule has 0 amide bonds. The van der Waals surface area contributed by atoms with Crippen LogP contribution in [0.4, 0.5) is 0 Å². The number of halogens is 1. The fraction of sp³-hybridized carbons (Fsp3) is 0.909. The largest absolute Gasteiger partial charge is 0.481 e. The van der Waals surface area contributed by atoms with Crippen LogP contribution in [0.5, 0.6) is 0 Å². The van der Waals surface area contributed by atoms with Crippen LogP contribution < -0.4 is 0 Å². The molecule has 3 unspecified atom stereocenters. The summed E-state index contributed by atoms with van der Waals surface area (Å²) in [7, 11) is 0. The van der Waals surface area contributed by atoms with Gasteiger partial charge in [-0.3, -0.25) is 4.79 Å². The van der Waals surface area contributed by atoms with Gasteiger partial charge in [0.25, 0.3) is 0 Å². The average molecular weight is 235 g/mol. The Balaban J connectivity index is 2.82. The van der Waals surface area contributed by atoms with E-state index in [0.29, 0.717) is 19.3 Å². The number of carboxylic acid groups (broad SMARTS) is 1. The Hall–Kier alpha value is -0.280. The molecule has 88 valence electrons. The number of hydrogen-bond acceptors (Lipinski definition) is 2. The number of aliphatic carboxylic acids is 1. The first-order valence-electron chi connectivity index (χ1n) is 5.61. The normalized spacial score (nSPS) is 33.7. The maximum atomic E-state index is 11.1. The van der Waals surface area contributed by atoms with E-state index in [4.69, 9.17) is 16.7 Å². The van der Waals surface area contributed by atoms with Gasteiger partial charge in [-0.15, -0.1) is 11.6 Å². The van der Waals surface area contributed by atoms with Crippen LogP contribution in [0.3, 0.4) is 0 Å². The highest BCUT2D eigenvalue weighted by Crippen LogP contribution is 2.39. The Morgan fingerprint density at radius 3 is 2.73 bits per heavy atom. The Bertz CT molecular complexity index is 232. The lowest BCUT2D eigenvalue weighted by Gasteiger charge is -2.40. The van der Waals surface area contributed by atoms with Crippen molar-refractivity contribution in [2.75, 3.05) is 0 Å². The first kappa shape index (κ1) is 12.8. The Labute approximate surface area is 95.4 Å². The third-order valence-electron chi connectivity index (χ3n) is 3.31. The van der Waals surface area contributed by atoms with E-state index in [1.165, 1.54) is 0 Å². The monoisotopic (exact) mass is 234 g/mol.